The van der Waals surface area contributed by atoms with Crippen LogP contribution in [0.2, 0.25) is 0 Å². The van der Waals surface area contributed by atoms with Crippen LogP contribution in [0.1, 0.15) is 23.7 Å². The first-order valence-corrected chi connectivity index (χ1v) is 6.85. The molecule has 9 heteroatoms. The van der Waals surface area contributed by atoms with E-state index in [9.17, 15) is 13.2 Å². The van der Waals surface area contributed by atoms with Gasteiger partial charge in [0.15, 0.2) is 0 Å². The number of hydrogen-bond acceptors (Lipinski definition) is 5. The quantitative estimate of drug-likeness (QED) is 0.936. The monoisotopic (exact) mass is 291 g/mol. The Hall–Kier alpha value is -1.22. The minimum absolute atomic E-state index is 0.201. The second-order valence-electron chi connectivity index (χ2n) is 4.61. The average Bonchev–Trinajstić information content (AvgIpc) is 3.00. The molecule has 0 spiro atoms. The number of rotatable bonds is 3. The molecule has 1 saturated heterocycles. The Bertz CT molecular complexity index is 569. The topological polar surface area (TPSA) is 55.1 Å². The lowest BCUT2D eigenvalue weighted by Crippen LogP contribution is -2.12. The summed E-state index contributed by atoms with van der Waals surface area (Å²) < 4.78 is 38.7. The van der Waals surface area contributed by atoms with Crippen molar-refractivity contribution >= 4 is 16.3 Å². The number of aromatic nitrogens is 4. The number of halogens is 3. The van der Waals surface area contributed by atoms with Gasteiger partial charge in [0.25, 0.3) is 5.82 Å². The van der Waals surface area contributed by atoms with Crippen LogP contribution in [0.15, 0.2) is 0 Å². The summed E-state index contributed by atoms with van der Waals surface area (Å²) in [6.07, 6.45) is -1.76. The second kappa shape index (κ2) is 4.71. The predicted molar refractivity (Wildman–Crippen MR) is 63.0 cm³/mol. The third-order valence-electron chi connectivity index (χ3n) is 3.22. The van der Waals surface area contributed by atoms with Crippen LogP contribution in [0.4, 0.5) is 13.2 Å². The molecule has 19 heavy (non-hydrogen) atoms. The zero-order valence-electron chi connectivity index (χ0n) is 9.94. The van der Waals surface area contributed by atoms with Crippen molar-refractivity contribution in [2.45, 2.75) is 25.4 Å². The molecule has 0 aromatic carbocycles. The van der Waals surface area contributed by atoms with E-state index in [1.54, 1.807) is 0 Å². The standard InChI is InChI=1S/C10H12F3N5S/c11-10(12,13)8-15-16-9-18(8)17-7(19-9)2-1-6-3-4-14-5-6/h6,14H,1-5H2. The van der Waals surface area contributed by atoms with Crippen molar-refractivity contribution in [2.24, 2.45) is 5.92 Å². The van der Waals surface area contributed by atoms with Crippen molar-refractivity contribution in [3.05, 3.63) is 10.8 Å². The lowest BCUT2D eigenvalue weighted by molar-refractivity contribution is -0.146. The highest BCUT2D eigenvalue weighted by Gasteiger charge is 2.38. The smallest absolute Gasteiger partial charge is 0.316 e. The Morgan fingerprint density at radius 3 is 2.89 bits per heavy atom. The normalized spacial score (nSPS) is 20.5. The number of nitrogens with zero attached hydrogens (tertiary/aromatic N) is 4. The van der Waals surface area contributed by atoms with Gasteiger partial charge in [-0.05, 0) is 31.8 Å². The summed E-state index contributed by atoms with van der Waals surface area (Å²) in [6, 6.07) is 0. The lowest BCUT2D eigenvalue weighted by atomic mass is 10.0. The predicted octanol–water partition coefficient (Wildman–Crippen LogP) is 1.75. The Labute approximate surface area is 110 Å². The summed E-state index contributed by atoms with van der Waals surface area (Å²) in [4.78, 5) is 0.201. The number of alkyl halides is 3. The SMILES string of the molecule is FC(F)(F)c1nnc2sc(CCC3CCNC3)nn12. The van der Waals surface area contributed by atoms with Crippen LogP contribution in [0.25, 0.3) is 4.96 Å². The Morgan fingerprint density at radius 1 is 1.37 bits per heavy atom. The maximum Gasteiger partial charge on any atom is 0.453 e. The zero-order valence-corrected chi connectivity index (χ0v) is 10.8. The highest BCUT2D eigenvalue weighted by molar-refractivity contribution is 7.16. The van der Waals surface area contributed by atoms with Crippen LogP contribution < -0.4 is 5.32 Å². The van der Waals surface area contributed by atoms with Crippen molar-refractivity contribution in [2.75, 3.05) is 13.1 Å². The molecule has 1 fully saturated rings. The highest BCUT2D eigenvalue weighted by Crippen LogP contribution is 2.29. The fourth-order valence-corrected chi connectivity index (χ4v) is 3.07. The molecule has 1 unspecified atom stereocenters. The molecule has 0 saturated carbocycles. The summed E-state index contributed by atoms with van der Waals surface area (Å²) in [5.74, 6) is -0.455. The largest absolute Gasteiger partial charge is 0.453 e. The average molecular weight is 291 g/mol. The minimum Gasteiger partial charge on any atom is -0.316 e. The van der Waals surface area contributed by atoms with Gasteiger partial charge in [-0.25, -0.2) is 0 Å². The number of hydrogen-bond donors (Lipinski definition) is 1. The van der Waals surface area contributed by atoms with Crippen LogP contribution in [0, 0.1) is 5.92 Å². The van der Waals surface area contributed by atoms with E-state index in [0.29, 0.717) is 17.3 Å². The number of nitrogens with one attached hydrogen (secondary N) is 1. The molecule has 2 aromatic heterocycles. The van der Waals surface area contributed by atoms with Crippen LogP contribution >= 0.6 is 11.3 Å². The Morgan fingerprint density at radius 2 is 2.21 bits per heavy atom. The van der Waals surface area contributed by atoms with E-state index in [-0.39, 0.29) is 4.96 Å². The Kier molecular flexibility index (Phi) is 3.17. The highest BCUT2D eigenvalue weighted by atomic mass is 32.1. The van der Waals surface area contributed by atoms with Crippen molar-refractivity contribution in [3.63, 3.8) is 0 Å². The summed E-state index contributed by atoms with van der Waals surface area (Å²) in [7, 11) is 0. The van der Waals surface area contributed by atoms with Gasteiger partial charge in [-0.1, -0.05) is 11.3 Å². The van der Waals surface area contributed by atoms with Gasteiger partial charge in [-0.2, -0.15) is 22.8 Å². The molecule has 3 heterocycles. The van der Waals surface area contributed by atoms with Gasteiger partial charge in [0.1, 0.15) is 5.01 Å². The molecular formula is C10H12F3N5S. The van der Waals surface area contributed by atoms with Gasteiger partial charge >= 0.3 is 6.18 Å². The molecule has 0 amide bonds. The number of aryl methyl sites for hydroxylation is 1. The summed E-state index contributed by atoms with van der Waals surface area (Å²) in [5, 5.41) is 14.6. The molecule has 3 rings (SSSR count). The van der Waals surface area contributed by atoms with E-state index in [1.165, 1.54) is 11.3 Å². The van der Waals surface area contributed by atoms with Crippen LogP contribution in [-0.4, -0.2) is 32.9 Å². The van der Waals surface area contributed by atoms with Crippen LogP contribution in [0.3, 0.4) is 0 Å². The molecule has 0 radical (unpaired) electrons. The molecule has 5 nitrogen and oxygen atoms in total. The first-order valence-electron chi connectivity index (χ1n) is 6.03. The fraction of sp³-hybridized carbons (Fsp3) is 0.700. The van der Waals surface area contributed by atoms with E-state index in [4.69, 9.17) is 0 Å². The van der Waals surface area contributed by atoms with Gasteiger partial charge < -0.3 is 5.32 Å². The molecule has 0 bridgehead atoms. The second-order valence-corrected chi connectivity index (χ2v) is 5.65. The van der Waals surface area contributed by atoms with Crippen molar-refractivity contribution < 1.29 is 13.2 Å². The van der Waals surface area contributed by atoms with E-state index >= 15 is 0 Å². The third-order valence-corrected chi connectivity index (χ3v) is 4.17. The van der Waals surface area contributed by atoms with Gasteiger partial charge in [0.2, 0.25) is 4.96 Å². The molecule has 0 aliphatic carbocycles. The molecule has 104 valence electrons. The molecule has 2 aromatic rings. The fourth-order valence-electron chi connectivity index (χ4n) is 2.22. The van der Waals surface area contributed by atoms with Gasteiger partial charge in [0, 0.05) is 6.42 Å². The molecule has 1 aliphatic heterocycles. The molecule has 1 atom stereocenters. The van der Waals surface area contributed by atoms with Crippen molar-refractivity contribution in [3.8, 4) is 0 Å². The van der Waals surface area contributed by atoms with Crippen LogP contribution in [-0.2, 0) is 12.6 Å². The molecular weight excluding hydrogens is 279 g/mol. The van der Waals surface area contributed by atoms with Gasteiger partial charge in [0.05, 0.1) is 0 Å². The minimum atomic E-state index is -4.51. The van der Waals surface area contributed by atoms with E-state index < -0.39 is 12.0 Å². The van der Waals surface area contributed by atoms with Crippen molar-refractivity contribution in [1.82, 2.24) is 25.1 Å². The molecule has 1 N–H and O–H groups in total. The molecule has 1 aliphatic rings. The first kappa shape index (κ1) is 12.8. The summed E-state index contributed by atoms with van der Waals surface area (Å²) >= 11 is 1.18. The van der Waals surface area contributed by atoms with E-state index in [0.717, 1.165) is 30.4 Å². The zero-order chi connectivity index (χ0) is 13.5. The maximum absolute atomic E-state index is 12.6. The van der Waals surface area contributed by atoms with Crippen molar-refractivity contribution in [1.29, 1.82) is 0 Å². The van der Waals surface area contributed by atoms with Gasteiger partial charge in [-0.15, -0.1) is 10.2 Å². The summed E-state index contributed by atoms with van der Waals surface area (Å²) in [6.45, 7) is 2.01. The lowest BCUT2D eigenvalue weighted by Gasteiger charge is -2.04. The first-order chi connectivity index (χ1) is 9.04. The van der Waals surface area contributed by atoms with E-state index in [2.05, 4.69) is 20.6 Å². The third kappa shape index (κ3) is 2.57. The van der Waals surface area contributed by atoms with Gasteiger partial charge in [-0.3, -0.25) is 0 Å². The Balaban J connectivity index is 1.76. The van der Waals surface area contributed by atoms with E-state index in [1.807, 2.05) is 0 Å². The number of fused-ring (bicyclic) bond motifs is 1. The van der Waals surface area contributed by atoms with Crippen LogP contribution in [0.5, 0.6) is 0 Å². The maximum atomic E-state index is 12.6. The summed E-state index contributed by atoms with van der Waals surface area (Å²) in [5.41, 5.74) is 0.